The van der Waals surface area contributed by atoms with Crippen molar-refractivity contribution in [1.29, 1.82) is 0 Å². The lowest BCUT2D eigenvalue weighted by atomic mass is 9.84. The van der Waals surface area contributed by atoms with E-state index in [1.165, 1.54) is 17.0 Å². The minimum absolute atomic E-state index is 0.119. The largest absolute Gasteiger partial charge is 0.348 e. The number of aliphatic imine (C=N–C) groups is 1. The third-order valence-electron chi connectivity index (χ3n) is 5.70. The molecule has 1 aromatic rings. The molecular weight excluding hydrogens is 455 g/mol. The lowest BCUT2D eigenvalue weighted by Gasteiger charge is -2.41. The molecule has 1 aliphatic carbocycles. The molecule has 0 radical (unpaired) electrons. The van der Waals surface area contributed by atoms with Crippen molar-refractivity contribution >= 4 is 52.7 Å². The molecule has 3 atom stereocenters. The van der Waals surface area contributed by atoms with E-state index in [9.17, 15) is 19.2 Å². The number of nitrogens with one attached hydrogen (secondary N) is 2. The van der Waals surface area contributed by atoms with Gasteiger partial charge < -0.3 is 5.32 Å². The standard InChI is InChI=1S/C22H20Cl2N4O4/c1-11-26-16-4-2-3-13(10-25-20(30)12-5-6-14(23)15(24)9-12)19(16)22(32)28(11)17-7-8-18(29)27-21(17)31/h2-6,9,16-17,19H,7-8,10H2,1H3,(H,25,30)(H,27,29,31). The topological polar surface area (TPSA) is 108 Å². The van der Waals surface area contributed by atoms with Crippen LogP contribution in [0.2, 0.25) is 10.0 Å². The molecule has 0 bridgehead atoms. The van der Waals surface area contributed by atoms with Crippen LogP contribution in [-0.4, -0.2) is 53.0 Å². The van der Waals surface area contributed by atoms with Gasteiger partial charge >= 0.3 is 0 Å². The average molecular weight is 475 g/mol. The van der Waals surface area contributed by atoms with Crippen LogP contribution in [0.1, 0.15) is 30.1 Å². The number of imide groups is 1. The second-order valence-corrected chi connectivity index (χ2v) is 8.57. The molecule has 1 saturated heterocycles. The van der Waals surface area contributed by atoms with E-state index in [1.807, 2.05) is 6.08 Å². The first-order chi connectivity index (χ1) is 15.3. The summed E-state index contributed by atoms with van der Waals surface area (Å²) in [5.74, 6) is -1.72. The normalized spacial score (nSPS) is 25.0. The first kappa shape index (κ1) is 22.2. The Bertz CT molecular complexity index is 1110. The number of carbonyl (C=O) groups is 4. The van der Waals surface area contributed by atoms with E-state index in [2.05, 4.69) is 15.6 Å². The minimum Gasteiger partial charge on any atom is -0.348 e. The molecule has 166 valence electrons. The Hall–Kier alpha value is -2.97. The van der Waals surface area contributed by atoms with Crippen molar-refractivity contribution in [2.24, 2.45) is 10.9 Å². The van der Waals surface area contributed by atoms with Crippen molar-refractivity contribution in [1.82, 2.24) is 15.5 Å². The molecule has 1 aromatic carbocycles. The Kier molecular flexibility index (Phi) is 6.17. The fourth-order valence-corrected chi connectivity index (χ4v) is 4.43. The zero-order chi connectivity index (χ0) is 23.0. The number of halogens is 2. The van der Waals surface area contributed by atoms with E-state index >= 15 is 0 Å². The van der Waals surface area contributed by atoms with E-state index in [0.29, 0.717) is 22.0 Å². The number of hydrogen-bond acceptors (Lipinski definition) is 5. The van der Waals surface area contributed by atoms with Crippen molar-refractivity contribution in [3.8, 4) is 0 Å². The zero-order valence-corrected chi connectivity index (χ0v) is 18.6. The van der Waals surface area contributed by atoms with Crippen LogP contribution in [0.15, 0.2) is 47.0 Å². The predicted molar refractivity (Wildman–Crippen MR) is 119 cm³/mol. The van der Waals surface area contributed by atoms with Crippen LogP contribution in [0.25, 0.3) is 0 Å². The highest BCUT2D eigenvalue weighted by Gasteiger charge is 2.45. The number of amidine groups is 1. The van der Waals surface area contributed by atoms with Crippen LogP contribution in [-0.2, 0) is 14.4 Å². The second-order valence-electron chi connectivity index (χ2n) is 7.76. The molecule has 2 aliphatic heterocycles. The maximum absolute atomic E-state index is 13.5. The van der Waals surface area contributed by atoms with Gasteiger partial charge in [-0.25, -0.2) is 0 Å². The Morgan fingerprint density at radius 3 is 2.75 bits per heavy atom. The predicted octanol–water partition coefficient (Wildman–Crippen LogP) is 2.27. The van der Waals surface area contributed by atoms with Crippen LogP contribution >= 0.6 is 23.2 Å². The van der Waals surface area contributed by atoms with Gasteiger partial charge in [0.1, 0.15) is 11.9 Å². The molecule has 3 aliphatic rings. The number of carbonyl (C=O) groups excluding carboxylic acids is 4. The molecule has 2 heterocycles. The highest BCUT2D eigenvalue weighted by molar-refractivity contribution is 6.42. The summed E-state index contributed by atoms with van der Waals surface area (Å²) < 4.78 is 0. The molecule has 4 amide bonds. The highest BCUT2D eigenvalue weighted by atomic mass is 35.5. The van der Waals surface area contributed by atoms with Gasteiger partial charge in [-0.3, -0.25) is 34.4 Å². The SMILES string of the molecule is CC1=NC2C=CC=C(CNC(=O)c3ccc(Cl)c(Cl)c3)C2C(=O)N1C1CCC(=O)NC1=O. The maximum atomic E-state index is 13.5. The number of benzene rings is 1. The van der Waals surface area contributed by atoms with Gasteiger partial charge in [0.2, 0.25) is 17.7 Å². The summed E-state index contributed by atoms with van der Waals surface area (Å²) in [4.78, 5) is 55.9. The monoisotopic (exact) mass is 474 g/mol. The van der Waals surface area contributed by atoms with Crippen LogP contribution in [0.3, 0.4) is 0 Å². The Morgan fingerprint density at radius 1 is 1.25 bits per heavy atom. The summed E-state index contributed by atoms with van der Waals surface area (Å²) in [6.45, 7) is 1.80. The van der Waals surface area contributed by atoms with Crippen LogP contribution in [0.5, 0.6) is 0 Å². The Labute approximate surface area is 194 Å². The average Bonchev–Trinajstić information content (AvgIpc) is 2.75. The van der Waals surface area contributed by atoms with Gasteiger partial charge in [-0.2, -0.15) is 0 Å². The number of hydrogen-bond donors (Lipinski definition) is 2. The lowest BCUT2D eigenvalue weighted by molar-refractivity contribution is -0.144. The first-order valence-corrected chi connectivity index (χ1v) is 10.8. The molecule has 4 rings (SSSR count). The van der Waals surface area contributed by atoms with E-state index < -0.39 is 23.9 Å². The zero-order valence-electron chi connectivity index (χ0n) is 17.1. The second kappa shape index (κ2) is 8.88. The molecule has 0 aromatic heterocycles. The first-order valence-electron chi connectivity index (χ1n) is 10.1. The maximum Gasteiger partial charge on any atom is 0.251 e. The molecule has 0 spiro atoms. The summed E-state index contributed by atoms with van der Waals surface area (Å²) in [5, 5.41) is 5.71. The van der Waals surface area contributed by atoms with Crippen LogP contribution < -0.4 is 10.6 Å². The molecular formula is C22H20Cl2N4O4. The minimum atomic E-state index is -0.789. The van der Waals surface area contributed by atoms with Crippen LogP contribution in [0.4, 0.5) is 0 Å². The molecule has 3 unspecified atom stereocenters. The Morgan fingerprint density at radius 2 is 2.03 bits per heavy atom. The van der Waals surface area contributed by atoms with Gasteiger partial charge in [0.15, 0.2) is 0 Å². The number of fused-ring (bicyclic) bond motifs is 1. The summed E-state index contributed by atoms with van der Waals surface area (Å²) >= 11 is 11.9. The van der Waals surface area contributed by atoms with E-state index in [4.69, 9.17) is 23.2 Å². The van der Waals surface area contributed by atoms with Crippen molar-refractivity contribution < 1.29 is 19.2 Å². The van der Waals surface area contributed by atoms with Gasteiger partial charge in [-0.1, -0.05) is 41.4 Å². The number of rotatable bonds is 4. The smallest absolute Gasteiger partial charge is 0.251 e. The van der Waals surface area contributed by atoms with Gasteiger partial charge in [0.05, 0.1) is 22.0 Å². The molecule has 8 nitrogen and oxygen atoms in total. The third kappa shape index (κ3) is 4.20. The Balaban J connectivity index is 1.52. The fourth-order valence-electron chi connectivity index (χ4n) is 4.13. The van der Waals surface area contributed by atoms with Crippen molar-refractivity contribution in [3.63, 3.8) is 0 Å². The van der Waals surface area contributed by atoms with Crippen molar-refractivity contribution in [3.05, 3.63) is 57.6 Å². The molecule has 1 fully saturated rings. The quantitative estimate of drug-likeness (QED) is 0.652. The van der Waals surface area contributed by atoms with E-state index in [-0.39, 0.29) is 42.1 Å². The number of nitrogens with zero attached hydrogens (tertiary/aromatic N) is 2. The van der Waals surface area contributed by atoms with E-state index in [1.54, 1.807) is 25.1 Å². The molecule has 10 heteroatoms. The van der Waals surface area contributed by atoms with E-state index in [0.717, 1.165) is 0 Å². The molecule has 32 heavy (non-hydrogen) atoms. The van der Waals surface area contributed by atoms with Crippen molar-refractivity contribution in [2.75, 3.05) is 6.54 Å². The summed E-state index contributed by atoms with van der Waals surface area (Å²) in [5.41, 5.74) is 1.02. The summed E-state index contributed by atoms with van der Waals surface area (Å²) in [6, 6.07) is 3.36. The highest BCUT2D eigenvalue weighted by Crippen LogP contribution is 2.31. The molecule has 0 saturated carbocycles. The molecule has 2 N–H and O–H groups in total. The van der Waals surface area contributed by atoms with Gasteiger partial charge in [0.25, 0.3) is 5.91 Å². The van der Waals surface area contributed by atoms with Crippen molar-refractivity contribution in [2.45, 2.75) is 31.8 Å². The number of amides is 4. The van der Waals surface area contributed by atoms with Gasteiger partial charge in [-0.05, 0) is 37.1 Å². The number of allylic oxidation sites excluding steroid dienone is 2. The van der Waals surface area contributed by atoms with Gasteiger partial charge in [-0.15, -0.1) is 0 Å². The lowest BCUT2D eigenvalue weighted by Crippen LogP contribution is -2.60. The summed E-state index contributed by atoms with van der Waals surface area (Å²) in [6.07, 6.45) is 5.78. The summed E-state index contributed by atoms with van der Waals surface area (Å²) in [7, 11) is 0. The fraction of sp³-hybridized carbons (Fsp3) is 0.318. The van der Waals surface area contributed by atoms with Crippen LogP contribution in [0, 0.1) is 5.92 Å². The van der Waals surface area contributed by atoms with Gasteiger partial charge in [0, 0.05) is 18.5 Å². The third-order valence-corrected chi connectivity index (χ3v) is 6.44. The number of piperidine rings is 1.